The third-order valence-corrected chi connectivity index (χ3v) is 4.58. The van der Waals surface area contributed by atoms with Gasteiger partial charge < -0.3 is 9.64 Å². The molecule has 1 aromatic carbocycles. The Morgan fingerprint density at radius 2 is 1.95 bits per heavy atom. The van der Waals surface area contributed by atoms with Gasteiger partial charge in [-0.25, -0.2) is 13.6 Å². The fourth-order valence-electron chi connectivity index (χ4n) is 2.02. The largest absolute Gasteiger partial charge is 0.378 e. The lowest BCUT2D eigenvalue weighted by atomic mass is 10.1. The number of primary sulfonamides is 1. The van der Waals surface area contributed by atoms with E-state index in [0.717, 1.165) is 0 Å². The molecule has 1 aliphatic rings. The van der Waals surface area contributed by atoms with Crippen LogP contribution in [-0.4, -0.2) is 45.5 Å². The maximum Gasteiger partial charge on any atom is 0.254 e. The SMILES string of the molecule is Cc1c(Cl)cc(C(=O)N2CCOCC2)cc1S(N)(=O)=O. The number of amides is 1. The fourth-order valence-corrected chi connectivity index (χ4v) is 3.12. The predicted molar refractivity (Wildman–Crippen MR) is 74.3 cm³/mol. The summed E-state index contributed by atoms with van der Waals surface area (Å²) in [6.07, 6.45) is 0. The molecule has 2 N–H and O–H groups in total. The van der Waals surface area contributed by atoms with Crippen molar-refractivity contribution in [3.8, 4) is 0 Å². The molecule has 1 aliphatic heterocycles. The molecular formula is C12H15ClN2O4S. The van der Waals surface area contributed by atoms with E-state index >= 15 is 0 Å². The first-order chi connectivity index (χ1) is 9.30. The first-order valence-electron chi connectivity index (χ1n) is 6.00. The van der Waals surface area contributed by atoms with Crippen molar-refractivity contribution >= 4 is 27.5 Å². The van der Waals surface area contributed by atoms with Crippen LogP contribution in [-0.2, 0) is 14.8 Å². The Labute approximate surface area is 122 Å². The van der Waals surface area contributed by atoms with Crippen LogP contribution in [0.25, 0.3) is 0 Å². The van der Waals surface area contributed by atoms with Gasteiger partial charge in [-0.1, -0.05) is 11.6 Å². The van der Waals surface area contributed by atoms with Gasteiger partial charge in [0.15, 0.2) is 0 Å². The maximum absolute atomic E-state index is 12.3. The number of morpholine rings is 1. The number of carbonyl (C=O) groups excluding carboxylic acids is 1. The molecule has 0 bridgehead atoms. The number of ether oxygens (including phenoxy) is 1. The third kappa shape index (κ3) is 3.12. The van der Waals surface area contributed by atoms with E-state index < -0.39 is 10.0 Å². The van der Waals surface area contributed by atoms with Crippen molar-refractivity contribution in [1.82, 2.24) is 4.90 Å². The smallest absolute Gasteiger partial charge is 0.254 e. The first kappa shape index (κ1) is 15.2. The number of hydrogen-bond acceptors (Lipinski definition) is 4. The molecule has 0 saturated carbocycles. The zero-order chi connectivity index (χ0) is 14.9. The average Bonchev–Trinajstić information content (AvgIpc) is 2.40. The van der Waals surface area contributed by atoms with Crippen LogP contribution >= 0.6 is 11.6 Å². The van der Waals surface area contributed by atoms with Gasteiger partial charge in [-0.05, 0) is 24.6 Å². The molecule has 0 aliphatic carbocycles. The Morgan fingerprint density at radius 3 is 2.50 bits per heavy atom. The Hall–Kier alpha value is -1.15. The van der Waals surface area contributed by atoms with Crippen LogP contribution < -0.4 is 5.14 Å². The van der Waals surface area contributed by atoms with E-state index in [0.29, 0.717) is 31.9 Å². The Morgan fingerprint density at radius 1 is 1.35 bits per heavy atom. The lowest BCUT2D eigenvalue weighted by Gasteiger charge is -2.27. The van der Waals surface area contributed by atoms with Crippen molar-refractivity contribution < 1.29 is 17.9 Å². The van der Waals surface area contributed by atoms with Crippen molar-refractivity contribution in [3.05, 3.63) is 28.3 Å². The van der Waals surface area contributed by atoms with Crippen LogP contribution in [0.3, 0.4) is 0 Å². The summed E-state index contributed by atoms with van der Waals surface area (Å²) >= 11 is 5.99. The summed E-state index contributed by atoms with van der Waals surface area (Å²) in [5, 5.41) is 5.34. The van der Waals surface area contributed by atoms with Gasteiger partial charge in [0.1, 0.15) is 0 Å². The van der Waals surface area contributed by atoms with Gasteiger partial charge in [-0.3, -0.25) is 4.79 Å². The highest BCUT2D eigenvalue weighted by molar-refractivity contribution is 7.89. The van der Waals surface area contributed by atoms with Gasteiger partial charge in [0.25, 0.3) is 5.91 Å². The zero-order valence-electron chi connectivity index (χ0n) is 10.9. The van der Waals surface area contributed by atoms with E-state index in [-0.39, 0.29) is 21.4 Å². The van der Waals surface area contributed by atoms with Gasteiger partial charge in [-0.15, -0.1) is 0 Å². The minimum atomic E-state index is -3.92. The molecule has 0 aromatic heterocycles. The van der Waals surface area contributed by atoms with Gasteiger partial charge in [-0.2, -0.15) is 0 Å². The molecule has 1 fully saturated rings. The number of rotatable bonds is 2. The van der Waals surface area contributed by atoms with Crippen LogP contribution in [0.1, 0.15) is 15.9 Å². The van der Waals surface area contributed by atoms with Gasteiger partial charge in [0, 0.05) is 23.7 Å². The minimum absolute atomic E-state index is 0.124. The van der Waals surface area contributed by atoms with E-state index in [1.807, 2.05) is 0 Å². The number of sulfonamides is 1. The molecule has 0 spiro atoms. The minimum Gasteiger partial charge on any atom is -0.378 e. The second-order valence-corrected chi connectivity index (χ2v) is 6.47. The molecule has 0 radical (unpaired) electrons. The molecule has 0 unspecified atom stereocenters. The van der Waals surface area contributed by atoms with E-state index in [9.17, 15) is 13.2 Å². The van der Waals surface area contributed by atoms with E-state index in [1.54, 1.807) is 11.8 Å². The quantitative estimate of drug-likeness (QED) is 0.872. The van der Waals surface area contributed by atoms with Crippen LogP contribution in [0.2, 0.25) is 5.02 Å². The van der Waals surface area contributed by atoms with Crippen LogP contribution in [0.4, 0.5) is 0 Å². The zero-order valence-corrected chi connectivity index (χ0v) is 12.5. The molecule has 6 nitrogen and oxygen atoms in total. The number of carbonyl (C=O) groups is 1. The number of halogens is 1. The summed E-state index contributed by atoms with van der Waals surface area (Å²) in [6, 6.07) is 2.73. The third-order valence-electron chi connectivity index (χ3n) is 3.15. The summed E-state index contributed by atoms with van der Waals surface area (Å²) in [7, 11) is -3.92. The van der Waals surface area contributed by atoms with Gasteiger partial charge in [0.2, 0.25) is 10.0 Å². The summed E-state index contributed by atoms with van der Waals surface area (Å²) in [6.45, 7) is 3.41. The van der Waals surface area contributed by atoms with Crippen molar-refractivity contribution in [2.24, 2.45) is 5.14 Å². The molecule has 1 heterocycles. The van der Waals surface area contributed by atoms with Crippen LogP contribution in [0.5, 0.6) is 0 Å². The van der Waals surface area contributed by atoms with Crippen molar-refractivity contribution in [3.63, 3.8) is 0 Å². The van der Waals surface area contributed by atoms with Crippen molar-refractivity contribution in [1.29, 1.82) is 0 Å². The number of hydrogen-bond donors (Lipinski definition) is 1. The van der Waals surface area contributed by atoms with Crippen LogP contribution in [0, 0.1) is 6.92 Å². The molecule has 2 rings (SSSR count). The average molecular weight is 319 g/mol. The monoisotopic (exact) mass is 318 g/mol. The lowest BCUT2D eigenvalue weighted by molar-refractivity contribution is 0.0302. The topological polar surface area (TPSA) is 89.7 Å². The van der Waals surface area contributed by atoms with Crippen molar-refractivity contribution in [2.75, 3.05) is 26.3 Å². The lowest BCUT2D eigenvalue weighted by Crippen LogP contribution is -2.40. The molecule has 20 heavy (non-hydrogen) atoms. The Bertz CT molecular complexity index is 639. The molecule has 110 valence electrons. The van der Waals surface area contributed by atoms with E-state index in [1.165, 1.54) is 12.1 Å². The van der Waals surface area contributed by atoms with E-state index in [2.05, 4.69) is 0 Å². The first-order valence-corrected chi connectivity index (χ1v) is 7.93. The normalized spacial score (nSPS) is 16.2. The second kappa shape index (κ2) is 5.69. The molecular weight excluding hydrogens is 304 g/mol. The summed E-state index contributed by atoms with van der Waals surface area (Å²) in [4.78, 5) is 13.8. The van der Waals surface area contributed by atoms with Crippen molar-refractivity contribution in [2.45, 2.75) is 11.8 Å². The summed E-state index contributed by atoms with van der Waals surface area (Å²) in [5.41, 5.74) is 0.555. The molecule has 1 aromatic rings. The second-order valence-electron chi connectivity index (χ2n) is 4.53. The highest BCUT2D eigenvalue weighted by Crippen LogP contribution is 2.25. The van der Waals surface area contributed by atoms with E-state index in [4.69, 9.17) is 21.5 Å². The van der Waals surface area contributed by atoms with Crippen LogP contribution in [0.15, 0.2) is 17.0 Å². The molecule has 1 saturated heterocycles. The maximum atomic E-state index is 12.3. The molecule has 1 amide bonds. The predicted octanol–water partition coefficient (Wildman–Crippen LogP) is 0.768. The molecule has 0 atom stereocenters. The Kier molecular flexibility index (Phi) is 4.33. The number of nitrogens with zero attached hydrogens (tertiary/aromatic N) is 1. The van der Waals surface area contributed by atoms with Gasteiger partial charge >= 0.3 is 0 Å². The Balaban J connectivity index is 2.42. The number of nitrogens with two attached hydrogens (primary N) is 1. The summed E-state index contributed by atoms with van der Waals surface area (Å²) in [5.74, 6) is -0.278. The highest BCUT2D eigenvalue weighted by atomic mass is 35.5. The summed E-state index contributed by atoms with van der Waals surface area (Å²) < 4.78 is 28.2. The highest BCUT2D eigenvalue weighted by Gasteiger charge is 2.22. The standard InChI is InChI=1S/C12H15ClN2O4S/c1-8-10(13)6-9(7-11(8)20(14,17)18)12(16)15-2-4-19-5-3-15/h6-7H,2-5H2,1H3,(H2,14,17,18). The number of benzene rings is 1. The van der Waals surface area contributed by atoms with Gasteiger partial charge in [0.05, 0.1) is 18.1 Å². The molecule has 8 heteroatoms. The fraction of sp³-hybridized carbons (Fsp3) is 0.417.